The van der Waals surface area contributed by atoms with Gasteiger partial charge in [0.05, 0.1) is 23.7 Å². The van der Waals surface area contributed by atoms with E-state index in [1.807, 2.05) is 90.9 Å². The van der Waals surface area contributed by atoms with E-state index in [1.54, 1.807) is 0 Å². The van der Waals surface area contributed by atoms with Gasteiger partial charge in [0.15, 0.2) is 0 Å². The smallest absolute Gasteiger partial charge is 0.289 e. The minimum Gasteiger partial charge on any atom is -0.371 e. The van der Waals surface area contributed by atoms with Gasteiger partial charge in [0.2, 0.25) is 17.6 Å². The quantitative estimate of drug-likeness (QED) is 0.216. The Balaban J connectivity index is 2.02. The third kappa shape index (κ3) is 10.1. The zero-order chi connectivity index (χ0) is 34.2. The fraction of sp³-hybridized carbons (Fsp3) is 0.541. The molecule has 250 valence electrons. The highest BCUT2D eigenvalue weighted by molar-refractivity contribution is 6.38. The molecule has 1 saturated heterocycles. The van der Waals surface area contributed by atoms with E-state index in [1.165, 1.54) is 11.0 Å². The number of amides is 3. The van der Waals surface area contributed by atoms with E-state index < -0.39 is 47.3 Å². The van der Waals surface area contributed by atoms with Gasteiger partial charge in [0.25, 0.3) is 5.91 Å². The number of nitrogens with one attached hydrogen (secondary N) is 2. The zero-order valence-electron chi connectivity index (χ0n) is 28.5. The molecule has 1 fully saturated rings. The Morgan fingerprint density at radius 2 is 1.70 bits per heavy atom. The molecule has 9 nitrogen and oxygen atoms in total. The molecule has 0 spiro atoms. The maximum absolute atomic E-state index is 14.7. The van der Waals surface area contributed by atoms with E-state index in [9.17, 15) is 24.0 Å². The van der Waals surface area contributed by atoms with Crippen LogP contribution in [0.1, 0.15) is 92.1 Å². The predicted molar refractivity (Wildman–Crippen MR) is 180 cm³/mol. The standard InChI is InChI=1S/C37H51N3O6/c1-9-14-30(32(42)34(44)38-19-10-2)39-33(43)31-21-26(46-37(6,7)8)23-40(31)35(45)29(20-25(41)22-36(3,4)5)28-18-13-16-24-15-11-12-17-27(24)28/h10-13,15-18,26,29-31H,2,9,14,19-23H2,1,3-8H3,(H,38,44)(H,39,43)/t26?,29?,30?,31-/m0/s1. The summed E-state index contributed by atoms with van der Waals surface area (Å²) in [5.41, 5.74) is -0.0706. The lowest BCUT2D eigenvalue weighted by Gasteiger charge is -2.30. The van der Waals surface area contributed by atoms with Crippen LogP contribution in [0.5, 0.6) is 0 Å². The molecule has 46 heavy (non-hydrogen) atoms. The number of carbonyl (C=O) groups is 5. The summed E-state index contributed by atoms with van der Waals surface area (Å²) in [7, 11) is 0. The monoisotopic (exact) mass is 633 g/mol. The highest BCUT2D eigenvalue weighted by atomic mass is 16.5. The number of ether oxygens (including phenoxy) is 1. The molecule has 0 bridgehead atoms. The summed E-state index contributed by atoms with van der Waals surface area (Å²) in [6, 6.07) is 11.4. The van der Waals surface area contributed by atoms with Crippen molar-refractivity contribution in [2.24, 2.45) is 5.41 Å². The Morgan fingerprint density at radius 3 is 2.33 bits per heavy atom. The van der Waals surface area contributed by atoms with Gasteiger partial charge < -0.3 is 20.3 Å². The Morgan fingerprint density at radius 1 is 1.02 bits per heavy atom. The molecule has 1 aliphatic heterocycles. The molecule has 2 N–H and O–H groups in total. The number of hydrogen-bond donors (Lipinski definition) is 2. The first-order valence-electron chi connectivity index (χ1n) is 16.3. The van der Waals surface area contributed by atoms with Crippen LogP contribution in [0.4, 0.5) is 0 Å². The number of fused-ring (bicyclic) bond motifs is 1. The first kappa shape index (κ1) is 36.6. The molecule has 3 unspecified atom stereocenters. The van der Waals surface area contributed by atoms with Crippen LogP contribution in [0.25, 0.3) is 10.8 Å². The fourth-order valence-electron chi connectivity index (χ4n) is 6.09. The van der Waals surface area contributed by atoms with Crippen molar-refractivity contribution in [2.45, 2.75) is 110 Å². The first-order valence-corrected chi connectivity index (χ1v) is 16.3. The summed E-state index contributed by atoms with van der Waals surface area (Å²) in [6.07, 6.45) is 2.32. The third-order valence-corrected chi connectivity index (χ3v) is 7.87. The summed E-state index contributed by atoms with van der Waals surface area (Å²) < 4.78 is 6.26. The van der Waals surface area contributed by atoms with Crippen LogP contribution in [-0.4, -0.2) is 71.1 Å². The van der Waals surface area contributed by atoms with Gasteiger partial charge in [0, 0.05) is 32.4 Å². The molecule has 1 heterocycles. The van der Waals surface area contributed by atoms with Crippen LogP contribution in [0.2, 0.25) is 0 Å². The number of rotatable bonds is 14. The lowest BCUT2D eigenvalue weighted by atomic mass is 9.83. The number of benzene rings is 2. The van der Waals surface area contributed by atoms with E-state index in [0.717, 1.165) is 16.3 Å². The average Bonchev–Trinajstić information content (AvgIpc) is 3.39. The highest BCUT2D eigenvalue weighted by Crippen LogP contribution is 2.35. The molecule has 1 aliphatic rings. The second kappa shape index (κ2) is 15.6. The van der Waals surface area contributed by atoms with Crippen LogP contribution in [-0.2, 0) is 28.7 Å². The summed E-state index contributed by atoms with van der Waals surface area (Å²) in [6.45, 7) is 17.4. The average molecular weight is 634 g/mol. The van der Waals surface area contributed by atoms with Crippen LogP contribution < -0.4 is 10.6 Å². The van der Waals surface area contributed by atoms with Crippen molar-refractivity contribution in [2.75, 3.05) is 13.1 Å². The van der Waals surface area contributed by atoms with Crippen molar-refractivity contribution >= 4 is 40.1 Å². The summed E-state index contributed by atoms with van der Waals surface area (Å²) in [5.74, 6) is -3.31. The zero-order valence-corrected chi connectivity index (χ0v) is 28.5. The first-order chi connectivity index (χ1) is 21.5. The van der Waals surface area contributed by atoms with Gasteiger partial charge in [-0.2, -0.15) is 0 Å². The largest absolute Gasteiger partial charge is 0.371 e. The van der Waals surface area contributed by atoms with Gasteiger partial charge >= 0.3 is 0 Å². The molecule has 0 radical (unpaired) electrons. The van der Waals surface area contributed by atoms with Gasteiger partial charge in [-0.3, -0.25) is 24.0 Å². The van der Waals surface area contributed by atoms with Crippen molar-refractivity contribution in [1.29, 1.82) is 0 Å². The van der Waals surface area contributed by atoms with Gasteiger partial charge in [-0.25, -0.2) is 0 Å². The van der Waals surface area contributed by atoms with Crippen molar-refractivity contribution in [3.8, 4) is 0 Å². The maximum Gasteiger partial charge on any atom is 0.289 e. The normalized spacial score (nSPS) is 18.1. The second-order valence-electron chi connectivity index (χ2n) is 14.4. The van der Waals surface area contributed by atoms with Crippen LogP contribution in [0.15, 0.2) is 55.1 Å². The summed E-state index contributed by atoms with van der Waals surface area (Å²) in [5, 5.41) is 7.07. The van der Waals surface area contributed by atoms with Crippen LogP contribution in [0, 0.1) is 5.41 Å². The number of hydrogen-bond acceptors (Lipinski definition) is 6. The minimum absolute atomic E-state index is 0.0137. The van der Waals surface area contributed by atoms with Crippen LogP contribution >= 0.6 is 0 Å². The summed E-state index contributed by atoms with van der Waals surface area (Å²) >= 11 is 0. The second-order valence-corrected chi connectivity index (χ2v) is 14.4. The SMILES string of the molecule is C=CCNC(=O)C(=O)C(CCC)NC(=O)[C@@H]1CC(OC(C)(C)C)CN1C(=O)C(CC(=O)CC(C)(C)C)c1cccc2ccccc12. The molecular formula is C37H51N3O6. The Kier molecular flexibility index (Phi) is 12.4. The molecule has 4 atom stereocenters. The lowest BCUT2D eigenvalue weighted by molar-refractivity contribution is -0.143. The molecule has 9 heteroatoms. The van der Waals surface area contributed by atoms with Gasteiger partial charge in [-0.05, 0) is 48.9 Å². The van der Waals surface area contributed by atoms with E-state index in [4.69, 9.17) is 4.74 Å². The van der Waals surface area contributed by atoms with Crippen molar-refractivity contribution < 1.29 is 28.7 Å². The minimum atomic E-state index is -1.05. The summed E-state index contributed by atoms with van der Waals surface area (Å²) in [4.78, 5) is 69.1. The number of likely N-dealkylation sites (tertiary alicyclic amines) is 1. The van der Waals surface area contributed by atoms with E-state index in [0.29, 0.717) is 12.8 Å². The van der Waals surface area contributed by atoms with Crippen LogP contribution in [0.3, 0.4) is 0 Å². The fourth-order valence-corrected chi connectivity index (χ4v) is 6.09. The Labute approximate surface area is 273 Å². The van der Waals surface area contributed by atoms with Gasteiger partial charge in [-0.1, -0.05) is 82.7 Å². The predicted octanol–water partition coefficient (Wildman–Crippen LogP) is 5.26. The van der Waals surface area contributed by atoms with Crippen molar-refractivity contribution in [1.82, 2.24) is 15.5 Å². The number of Topliss-reactive ketones (excluding diaryl/α,β-unsaturated/α-hetero) is 2. The lowest BCUT2D eigenvalue weighted by Crippen LogP contribution is -2.53. The van der Waals surface area contributed by atoms with Gasteiger partial charge in [0.1, 0.15) is 11.8 Å². The van der Waals surface area contributed by atoms with E-state index >= 15 is 0 Å². The Bertz CT molecular complexity index is 1430. The van der Waals surface area contributed by atoms with E-state index in [-0.39, 0.29) is 49.5 Å². The number of carbonyl (C=O) groups excluding carboxylic acids is 5. The molecule has 0 aliphatic carbocycles. The number of nitrogens with zero attached hydrogens (tertiary/aromatic N) is 1. The molecule has 2 aromatic rings. The highest BCUT2D eigenvalue weighted by Gasteiger charge is 2.45. The molecule has 3 amide bonds. The topological polar surface area (TPSA) is 122 Å². The molecule has 0 saturated carbocycles. The number of ketones is 2. The molecule has 2 aromatic carbocycles. The molecular weight excluding hydrogens is 582 g/mol. The molecule has 0 aromatic heterocycles. The third-order valence-electron chi connectivity index (χ3n) is 7.87. The maximum atomic E-state index is 14.7. The van der Waals surface area contributed by atoms with Crippen molar-refractivity contribution in [3.05, 3.63) is 60.7 Å². The Hall–Kier alpha value is -3.85. The van der Waals surface area contributed by atoms with E-state index in [2.05, 4.69) is 17.2 Å². The molecule has 3 rings (SSSR count). The van der Waals surface area contributed by atoms with Crippen molar-refractivity contribution in [3.63, 3.8) is 0 Å². The van der Waals surface area contributed by atoms with Gasteiger partial charge in [-0.15, -0.1) is 6.58 Å².